The SMILES string of the molecule is Cc1nn2c(C)c(C(=O)N3CCN(C)CC3)cnc2c1-c1cccc(Cl)c1. The Balaban J connectivity index is 1.76. The molecule has 2 aromatic heterocycles. The Hall–Kier alpha value is -2.44. The van der Waals surface area contributed by atoms with Crippen LogP contribution >= 0.6 is 11.6 Å². The molecule has 1 amide bonds. The van der Waals surface area contributed by atoms with Crippen LogP contribution in [-0.2, 0) is 0 Å². The lowest BCUT2D eigenvalue weighted by Gasteiger charge is -2.32. The fourth-order valence-electron chi connectivity index (χ4n) is 3.57. The van der Waals surface area contributed by atoms with E-state index in [0.717, 1.165) is 54.3 Å². The number of aromatic nitrogens is 3. The van der Waals surface area contributed by atoms with Crippen molar-refractivity contribution in [3.05, 3.63) is 52.4 Å². The summed E-state index contributed by atoms with van der Waals surface area (Å²) < 4.78 is 1.77. The maximum Gasteiger partial charge on any atom is 0.257 e. The summed E-state index contributed by atoms with van der Waals surface area (Å²) in [5, 5.41) is 5.32. The van der Waals surface area contributed by atoms with Crippen LogP contribution in [0.2, 0.25) is 5.02 Å². The molecule has 27 heavy (non-hydrogen) atoms. The number of nitrogens with zero attached hydrogens (tertiary/aromatic N) is 5. The van der Waals surface area contributed by atoms with E-state index in [1.165, 1.54) is 0 Å². The molecule has 0 bridgehead atoms. The number of halogens is 1. The largest absolute Gasteiger partial charge is 0.336 e. The number of hydrogen-bond donors (Lipinski definition) is 0. The first-order valence-corrected chi connectivity index (χ1v) is 9.42. The number of carbonyl (C=O) groups is 1. The van der Waals surface area contributed by atoms with Crippen LogP contribution in [0.4, 0.5) is 0 Å². The molecule has 1 fully saturated rings. The Morgan fingerprint density at radius 3 is 2.59 bits per heavy atom. The Kier molecular flexibility index (Phi) is 4.61. The van der Waals surface area contributed by atoms with E-state index >= 15 is 0 Å². The van der Waals surface area contributed by atoms with Gasteiger partial charge in [-0.2, -0.15) is 5.10 Å². The summed E-state index contributed by atoms with van der Waals surface area (Å²) in [4.78, 5) is 21.7. The van der Waals surface area contributed by atoms with Crippen LogP contribution < -0.4 is 0 Å². The maximum absolute atomic E-state index is 13.0. The highest BCUT2D eigenvalue weighted by atomic mass is 35.5. The zero-order valence-electron chi connectivity index (χ0n) is 15.7. The molecule has 7 heteroatoms. The molecule has 0 saturated carbocycles. The number of amides is 1. The fourth-order valence-corrected chi connectivity index (χ4v) is 3.76. The Bertz CT molecular complexity index is 1020. The third-order valence-corrected chi connectivity index (χ3v) is 5.43. The van der Waals surface area contributed by atoms with Gasteiger partial charge in [-0.1, -0.05) is 23.7 Å². The van der Waals surface area contributed by atoms with Crippen molar-refractivity contribution in [1.29, 1.82) is 0 Å². The van der Waals surface area contributed by atoms with E-state index in [1.54, 1.807) is 10.7 Å². The Morgan fingerprint density at radius 1 is 1.15 bits per heavy atom. The number of rotatable bonds is 2. The molecule has 0 N–H and O–H groups in total. The first-order valence-electron chi connectivity index (χ1n) is 9.04. The van der Waals surface area contributed by atoms with Crippen molar-refractivity contribution in [2.45, 2.75) is 13.8 Å². The third-order valence-electron chi connectivity index (χ3n) is 5.19. The van der Waals surface area contributed by atoms with Crippen LogP contribution in [-0.4, -0.2) is 63.5 Å². The summed E-state index contributed by atoms with van der Waals surface area (Å²) in [6.07, 6.45) is 1.68. The van der Waals surface area contributed by atoms with Crippen molar-refractivity contribution in [1.82, 2.24) is 24.4 Å². The van der Waals surface area contributed by atoms with Gasteiger partial charge in [0.15, 0.2) is 5.65 Å². The first kappa shape index (κ1) is 17.9. The van der Waals surface area contributed by atoms with Crippen molar-refractivity contribution in [2.75, 3.05) is 33.2 Å². The molecular weight excluding hydrogens is 362 g/mol. The van der Waals surface area contributed by atoms with Crippen LogP contribution in [0.15, 0.2) is 30.5 Å². The minimum Gasteiger partial charge on any atom is -0.336 e. The smallest absolute Gasteiger partial charge is 0.257 e. The highest BCUT2D eigenvalue weighted by molar-refractivity contribution is 6.30. The Labute approximate surface area is 163 Å². The minimum absolute atomic E-state index is 0.0208. The quantitative estimate of drug-likeness (QED) is 0.682. The summed E-state index contributed by atoms with van der Waals surface area (Å²) >= 11 is 6.16. The van der Waals surface area contributed by atoms with Crippen LogP contribution in [0.25, 0.3) is 16.8 Å². The van der Waals surface area contributed by atoms with Crippen LogP contribution in [0.3, 0.4) is 0 Å². The molecule has 3 heterocycles. The summed E-state index contributed by atoms with van der Waals surface area (Å²) in [6.45, 7) is 7.12. The lowest BCUT2D eigenvalue weighted by atomic mass is 10.1. The van der Waals surface area contributed by atoms with Gasteiger partial charge in [0, 0.05) is 43.0 Å². The molecule has 140 valence electrons. The highest BCUT2D eigenvalue weighted by Crippen LogP contribution is 2.30. The van der Waals surface area contributed by atoms with Gasteiger partial charge < -0.3 is 9.80 Å². The van der Waals surface area contributed by atoms with Crippen LogP contribution in [0, 0.1) is 13.8 Å². The fraction of sp³-hybridized carbons (Fsp3) is 0.350. The maximum atomic E-state index is 13.0. The van der Waals surface area contributed by atoms with Crippen LogP contribution in [0.5, 0.6) is 0 Å². The number of fused-ring (bicyclic) bond motifs is 1. The molecule has 1 aromatic carbocycles. The van der Waals surface area contributed by atoms with Gasteiger partial charge in [-0.15, -0.1) is 0 Å². The van der Waals surface area contributed by atoms with Gasteiger partial charge in [0.2, 0.25) is 0 Å². The van der Waals surface area contributed by atoms with Gasteiger partial charge in [0.05, 0.1) is 17.0 Å². The van der Waals surface area contributed by atoms with E-state index < -0.39 is 0 Å². The van der Waals surface area contributed by atoms with E-state index in [4.69, 9.17) is 11.6 Å². The van der Waals surface area contributed by atoms with E-state index in [0.29, 0.717) is 10.6 Å². The van der Waals surface area contributed by atoms with Gasteiger partial charge in [-0.3, -0.25) is 4.79 Å². The van der Waals surface area contributed by atoms with Gasteiger partial charge >= 0.3 is 0 Å². The van der Waals surface area contributed by atoms with Crippen molar-refractivity contribution in [3.8, 4) is 11.1 Å². The van der Waals surface area contributed by atoms with Crippen molar-refractivity contribution in [2.24, 2.45) is 0 Å². The van der Waals surface area contributed by atoms with E-state index in [2.05, 4.69) is 22.0 Å². The standard InChI is InChI=1S/C20H22ClN5O/c1-13-18(15-5-4-6-16(21)11-15)19-22-12-17(14(2)26(19)23-13)20(27)25-9-7-24(3)8-10-25/h4-6,11-12H,7-10H2,1-3H3. The molecule has 0 unspecified atom stereocenters. The van der Waals surface area contributed by atoms with E-state index in [1.807, 2.05) is 43.0 Å². The molecule has 0 spiro atoms. The number of hydrogen-bond acceptors (Lipinski definition) is 4. The van der Waals surface area contributed by atoms with E-state index in [9.17, 15) is 4.79 Å². The minimum atomic E-state index is 0.0208. The number of benzene rings is 1. The van der Waals surface area contributed by atoms with Crippen molar-refractivity contribution < 1.29 is 4.79 Å². The van der Waals surface area contributed by atoms with Crippen molar-refractivity contribution >= 4 is 23.2 Å². The van der Waals surface area contributed by atoms with Crippen LogP contribution in [0.1, 0.15) is 21.7 Å². The van der Waals surface area contributed by atoms with Gasteiger partial charge in [-0.25, -0.2) is 9.50 Å². The summed E-state index contributed by atoms with van der Waals surface area (Å²) in [6, 6.07) is 7.67. The summed E-state index contributed by atoms with van der Waals surface area (Å²) in [7, 11) is 2.07. The summed E-state index contributed by atoms with van der Waals surface area (Å²) in [5.41, 5.74) is 4.92. The second-order valence-electron chi connectivity index (χ2n) is 7.06. The predicted molar refractivity (Wildman–Crippen MR) is 106 cm³/mol. The molecule has 1 aliphatic heterocycles. The summed E-state index contributed by atoms with van der Waals surface area (Å²) in [5.74, 6) is 0.0208. The average Bonchev–Trinajstić information content (AvgIpc) is 2.99. The van der Waals surface area contributed by atoms with Gasteiger partial charge in [0.1, 0.15) is 0 Å². The molecular formula is C20H22ClN5O. The second-order valence-corrected chi connectivity index (χ2v) is 7.50. The first-order chi connectivity index (χ1) is 13.0. The molecule has 6 nitrogen and oxygen atoms in total. The third kappa shape index (κ3) is 3.19. The van der Waals surface area contributed by atoms with Crippen molar-refractivity contribution in [3.63, 3.8) is 0 Å². The molecule has 0 aliphatic carbocycles. The molecule has 4 rings (SSSR count). The molecule has 0 radical (unpaired) electrons. The molecule has 3 aromatic rings. The second kappa shape index (κ2) is 6.94. The number of likely N-dealkylation sites (N-methyl/N-ethyl adjacent to an activating group) is 1. The molecule has 1 aliphatic rings. The van der Waals surface area contributed by atoms with E-state index in [-0.39, 0.29) is 5.91 Å². The zero-order chi connectivity index (χ0) is 19.1. The number of piperazine rings is 1. The normalized spacial score (nSPS) is 15.5. The lowest BCUT2D eigenvalue weighted by molar-refractivity contribution is 0.0662. The monoisotopic (exact) mass is 383 g/mol. The van der Waals surface area contributed by atoms with Gasteiger partial charge in [-0.05, 0) is 38.6 Å². The lowest BCUT2D eigenvalue weighted by Crippen LogP contribution is -2.47. The molecule has 1 saturated heterocycles. The predicted octanol–water partition coefficient (Wildman–Crippen LogP) is 3.05. The van der Waals surface area contributed by atoms with Gasteiger partial charge in [0.25, 0.3) is 5.91 Å². The zero-order valence-corrected chi connectivity index (χ0v) is 16.5. The molecule has 0 atom stereocenters. The number of aryl methyl sites for hydroxylation is 2. The number of carbonyl (C=O) groups excluding carboxylic acids is 1. The average molecular weight is 384 g/mol. The highest BCUT2D eigenvalue weighted by Gasteiger charge is 2.24. The Morgan fingerprint density at radius 2 is 1.89 bits per heavy atom. The topological polar surface area (TPSA) is 53.7 Å².